The molecule has 2 aromatic rings. The van der Waals surface area contributed by atoms with Crippen molar-refractivity contribution in [3.8, 4) is 0 Å². The molecule has 0 saturated carbocycles. The van der Waals surface area contributed by atoms with Gasteiger partial charge in [-0.3, -0.25) is 4.79 Å². The van der Waals surface area contributed by atoms with Crippen molar-refractivity contribution < 1.29 is 17.6 Å². The van der Waals surface area contributed by atoms with E-state index in [1.54, 1.807) is 42.5 Å². The molecule has 0 bridgehead atoms. The Bertz CT molecular complexity index is 945. The smallest absolute Gasteiger partial charge is 0.243 e. The van der Waals surface area contributed by atoms with Crippen LogP contribution >= 0.6 is 0 Å². The highest BCUT2D eigenvalue weighted by Crippen LogP contribution is 2.18. The molecule has 31 heavy (non-hydrogen) atoms. The highest BCUT2D eigenvalue weighted by Gasteiger charge is 2.21. The molecule has 0 unspecified atom stereocenters. The zero-order valence-corrected chi connectivity index (χ0v) is 19.3. The molecule has 0 spiro atoms. The first-order valence-corrected chi connectivity index (χ1v) is 12.0. The number of hydrogen-bond acceptors (Lipinski definition) is 4. The Morgan fingerprint density at radius 2 is 1.68 bits per heavy atom. The van der Waals surface area contributed by atoms with Gasteiger partial charge in [-0.05, 0) is 42.7 Å². The van der Waals surface area contributed by atoms with E-state index in [-0.39, 0.29) is 16.6 Å². The molecular formula is C23H32FN3O3S. The van der Waals surface area contributed by atoms with Crippen LogP contribution in [0.15, 0.2) is 53.4 Å². The molecule has 0 aliphatic rings. The number of nitrogens with one attached hydrogen (secondary N) is 1. The average molecular weight is 450 g/mol. The summed E-state index contributed by atoms with van der Waals surface area (Å²) in [5, 5.41) is 2.88. The number of hydrogen-bond donors (Lipinski definition) is 1. The number of halogens is 1. The van der Waals surface area contributed by atoms with Crippen molar-refractivity contribution in [2.45, 2.75) is 38.0 Å². The van der Waals surface area contributed by atoms with Gasteiger partial charge in [0.25, 0.3) is 0 Å². The topological polar surface area (TPSA) is 69.7 Å². The van der Waals surface area contributed by atoms with E-state index in [0.717, 1.165) is 5.56 Å². The number of aryl methyl sites for hydroxylation is 1. The first-order chi connectivity index (χ1) is 14.8. The Balaban J connectivity index is 1.74. The summed E-state index contributed by atoms with van der Waals surface area (Å²) in [4.78, 5) is 14.2. The molecular weight excluding hydrogens is 417 g/mol. The lowest BCUT2D eigenvalue weighted by Gasteiger charge is -2.19. The second-order valence-electron chi connectivity index (χ2n) is 7.31. The minimum absolute atomic E-state index is 0.0617. The lowest BCUT2D eigenvalue weighted by atomic mass is 10.1. The van der Waals surface area contributed by atoms with Crippen LogP contribution in [-0.4, -0.2) is 51.9 Å². The van der Waals surface area contributed by atoms with Gasteiger partial charge in [0.1, 0.15) is 5.82 Å². The summed E-state index contributed by atoms with van der Waals surface area (Å²) in [6, 6.07) is 13.3. The number of para-hydroxylation sites is 1. The molecule has 1 amide bonds. The summed E-state index contributed by atoms with van der Waals surface area (Å²) in [6.07, 6.45) is 1.56. The Hall–Kier alpha value is -2.45. The largest absolute Gasteiger partial charge is 0.372 e. The van der Waals surface area contributed by atoms with Gasteiger partial charge in [-0.1, -0.05) is 38.1 Å². The summed E-state index contributed by atoms with van der Waals surface area (Å²) >= 11 is 0. The minimum Gasteiger partial charge on any atom is -0.372 e. The van der Waals surface area contributed by atoms with Crippen molar-refractivity contribution in [2.75, 3.05) is 38.1 Å². The number of amides is 1. The summed E-state index contributed by atoms with van der Waals surface area (Å²) in [7, 11) is -1.64. The highest BCUT2D eigenvalue weighted by molar-refractivity contribution is 7.89. The Morgan fingerprint density at radius 3 is 2.29 bits per heavy atom. The Labute approximate surface area is 185 Å². The maximum atomic E-state index is 13.8. The van der Waals surface area contributed by atoms with Gasteiger partial charge in [-0.2, -0.15) is 4.31 Å². The molecule has 8 heteroatoms. The van der Waals surface area contributed by atoms with E-state index >= 15 is 0 Å². The van der Waals surface area contributed by atoms with E-state index in [1.165, 1.54) is 10.4 Å². The fraction of sp³-hybridized carbons (Fsp3) is 0.435. The number of anilines is 1. The predicted octanol–water partition coefficient (Wildman–Crippen LogP) is 3.43. The maximum absolute atomic E-state index is 13.8. The van der Waals surface area contributed by atoms with Crippen molar-refractivity contribution in [1.29, 1.82) is 0 Å². The monoisotopic (exact) mass is 449 g/mol. The van der Waals surface area contributed by atoms with Gasteiger partial charge in [0.05, 0.1) is 10.6 Å². The van der Waals surface area contributed by atoms with Crippen LogP contribution in [0.25, 0.3) is 0 Å². The van der Waals surface area contributed by atoms with Crippen molar-refractivity contribution >= 4 is 21.6 Å². The first kappa shape index (κ1) is 24.8. The van der Waals surface area contributed by atoms with Gasteiger partial charge in [-0.25, -0.2) is 12.8 Å². The minimum atomic E-state index is -3.47. The molecule has 0 aliphatic heterocycles. The molecule has 170 valence electrons. The second kappa shape index (κ2) is 11.8. The SMILES string of the molecule is CCN(CC)S(=O)(=O)c1ccc(CCC(=O)NCCCN(C)c2ccccc2F)cc1. The van der Waals surface area contributed by atoms with Crippen LogP contribution in [0, 0.1) is 5.82 Å². The second-order valence-corrected chi connectivity index (χ2v) is 9.25. The van der Waals surface area contributed by atoms with Crippen molar-refractivity contribution in [3.63, 3.8) is 0 Å². The van der Waals surface area contributed by atoms with E-state index in [4.69, 9.17) is 0 Å². The lowest BCUT2D eigenvalue weighted by molar-refractivity contribution is -0.121. The number of benzene rings is 2. The fourth-order valence-electron chi connectivity index (χ4n) is 3.31. The van der Waals surface area contributed by atoms with E-state index in [2.05, 4.69) is 5.32 Å². The summed E-state index contributed by atoms with van der Waals surface area (Å²) in [5.74, 6) is -0.321. The molecule has 0 heterocycles. The van der Waals surface area contributed by atoms with E-state index in [0.29, 0.717) is 51.1 Å². The fourth-order valence-corrected chi connectivity index (χ4v) is 4.77. The Morgan fingerprint density at radius 1 is 1.03 bits per heavy atom. The lowest BCUT2D eigenvalue weighted by Crippen LogP contribution is -2.30. The molecule has 1 N–H and O–H groups in total. The number of carbonyl (C=O) groups excluding carboxylic acids is 1. The molecule has 0 radical (unpaired) electrons. The van der Waals surface area contributed by atoms with Gasteiger partial charge in [0, 0.05) is 39.6 Å². The molecule has 0 saturated heterocycles. The third-order valence-corrected chi connectivity index (χ3v) is 7.23. The van der Waals surface area contributed by atoms with Crippen LogP contribution in [-0.2, 0) is 21.2 Å². The number of rotatable bonds is 12. The summed E-state index contributed by atoms with van der Waals surface area (Å²) in [5.41, 5.74) is 1.45. The quantitative estimate of drug-likeness (QED) is 0.504. The average Bonchev–Trinajstić information content (AvgIpc) is 2.76. The van der Waals surface area contributed by atoms with Gasteiger partial charge in [0.15, 0.2) is 0 Å². The third kappa shape index (κ3) is 7.04. The third-order valence-electron chi connectivity index (χ3n) is 5.16. The summed E-state index contributed by atoms with van der Waals surface area (Å²) in [6.45, 7) is 5.62. The van der Waals surface area contributed by atoms with Crippen LogP contribution in [0.2, 0.25) is 0 Å². The van der Waals surface area contributed by atoms with Crippen LogP contribution < -0.4 is 10.2 Å². The van der Waals surface area contributed by atoms with Gasteiger partial charge < -0.3 is 10.2 Å². The zero-order chi connectivity index (χ0) is 22.9. The van der Waals surface area contributed by atoms with Crippen LogP contribution in [0.5, 0.6) is 0 Å². The summed E-state index contributed by atoms with van der Waals surface area (Å²) < 4.78 is 40.2. The van der Waals surface area contributed by atoms with Gasteiger partial charge in [-0.15, -0.1) is 0 Å². The van der Waals surface area contributed by atoms with Crippen LogP contribution in [0.3, 0.4) is 0 Å². The first-order valence-electron chi connectivity index (χ1n) is 10.6. The standard InChI is InChI=1S/C23H32FN3O3S/c1-4-27(5-2)31(29,30)20-14-11-19(12-15-20)13-16-23(28)25-17-8-18-26(3)22-10-7-6-9-21(22)24/h6-7,9-12,14-15H,4-5,8,13,16-18H2,1-3H3,(H,25,28). The number of nitrogens with zero attached hydrogens (tertiary/aromatic N) is 2. The maximum Gasteiger partial charge on any atom is 0.243 e. The van der Waals surface area contributed by atoms with E-state index < -0.39 is 10.0 Å². The molecule has 0 fully saturated rings. The normalized spacial score (nSPS) is 11.5. The van der Waals surface area contributed by atoms with Gasteiger partial charge in [0.2, 0.25) is 15.9 Å². The predicted molar refractivity (Wildman–Crippen MR) is 122 cm³/mol. The number of sulfonamides is 1. The van der Waals surface area contributed by atoms with Crippen molar-refractivity contribution in [3.05, 3.63) is 59.9 Å². The molecule has 0 aromatic heterocycles. The van der Waals surface area contributed by atoms with Crippen molar-refractivity contribution in [2.24, 2.45) is 0 Å². The highest BCUT2D eigenvalue weighted by atomic mass is 32.2. The zero-order valence-electron chi connectivity index (χ0n) is 18.5. The van der Waals surface area contributed by atoms with E-state index in [9.17, 15) is 17.6 Å². The Kier molecular flexibility index (Phi) is 9.45. The molecule has 0 aliphatic carbocycles. The molecule has 2 rings (SSSR count). The van der Waals surface area contributed by atoms with Crippen LogP contribution in [0.4, 0.5) is 10.1 Å². The van der Waals surface area contributed by atoms with Gasteiger partial charge >= 0.3 is 0 Å². The van der Waals surface area contributed by atoms with E-state index in [1.807, 2.05) is 25.8 Å². The molecule has 2 aromatic carbocycles. The molecule has 0 atom stereocenters. The van der Waals surface area contributed by atoms with Crippen molar-refractivity contribution in [1.82, 2.24) is 9.62 Å². The van der Waals surface area contributed by atoms with Crippen LogP contribution in [0.1, 0.15) is 32.3 Å². The number of carbonyl (C=O) groups is 1. The molecule has 6 nitrogen and oxygen atoms in total.